The molecule has 7 nitrogen and oxygen atoms in total. The number of allylic oxidation sites excluding steroid dienone is 2. The van der Waals surface area contributed by atoms with Crippen molar-refractivity contribution in [1.82, 2.24) is 30.1 Å². The Morgan fingerprint density at radius 3 is 2.78 bits per heavy atom. The first-order chi connectivity index (χ1) is 15.6. The van der Waals surface area contributed by atoms with Gasteiger partial charge in [0.1, 0.15) is 22.6 Å². The monoisotopic (exact) mass is 447 g/mol. The number of aliphatic imine (C=N–C) groups is 1. The fourth-order valence-electron chi connectivity index (χ4n) is 3.42. The van der Waals surface area contributed by atoms with Crippen LogP contribution in [0.2, 0.25) is 0 Å². The van der Waals surface area contributed by atoms with Crippen LogP contribution in [0.25, 0.3) is 49.6 Å². The molecule has 2 N–H and O–H groups in total. The van der Waals surface area contributed by atoms with Gasteiger partial charge in [-0.25, -0.2) is 9.37 Å². The van der Waals surface area contributed by atoms with Crippen molar-refractivity contribution in [2.75, 3.05) is 0 Å². The lowest BCUT2D eigenvalue weighted by Gasteiger charge is -2.04. The van der Waals surface area contributed by atoms with Gasteiger partial charge in [-0.1, -0.05) is 12.7 Å². The average Bonchev–Trinajstić information content (AvgIpc) is 3.52. The molecular formula is C22H15F2N7S. The molecule has 0 bridgehead atoms. The van der Waals surface area contributed by atoms with Gasteiger partial charge in [0, 0.05) is 24.2 Å². The normalized spacial score (nSPS) is 12.4. The van der Waals surface area contributed by atoms with Gasteiger partial charge in [-0.15, -0.1) is 11.3 Å². The fourth-order valence-corrected chi connectivity index (χ4v) is 4.15. The topological polar surface area (TPSA) is 95.5 Å². The number of fused-ring (bicyclic) bond motifs is 2. The van der Waals surface area contributed by atoms with Crippen LogP contribution < -0.4 is 0 Å². The Morgan fingerprint density at radius 2 is 2.03 bits per heavy atom. The van der Waals surface area contributed by atoms with Gasteiger partial charge in [0.15, 0.2) is 16.8 Å². The Balaban J connectivity index is 1.69. The lowest BCUT2D eigenvalue weighted by molar-refractivity contribution is 0.630. The molecule has 0 spiro atoms. The van der Waals surface area contributed by atoms with Crippen LogP contribution in [0.15, 0.2) is 54.4 Å². The molecule has 32 heavy (non-hydrogen) atoms. The maximum atomic E-state index is 15.6. The second-order valence-corrected chi connectivity index (χ2v) is 7.77. The molecule has 0 saturated heterocycles. The summed E-state index contributed by atoms with van der Waals surface area (Å²) in [5.74, 6) is -0.190. The van der Waals surface area contributed by atoms with Crippen LogP contribution in [0.1, 0.15) is 12.6 Å². The van der Waals surface area contributed by atoms with Gasteiger partial charge >= 0.3 is 0 Å². The van der Waals surface area contributed by atoms with Crippen molar-refractivity contribution in [3.8, 4) is 22.1 Å². The number of hydrogen-bond donors (Lipinski definition) is 2. The van der Waals surface area contributed by atoms with Crippen LogP contribution in [-0.2, 0) is 0 Å². The molecule has 0 aliphatic heterocycles. The van der Waals surface area contributed by atoms with Gasteiger partial charge in [-0.05, 0) is 25.1 Å². The highest BCUT2D eigenvalue weighted by Crippen LogP contribution is 2.34. The summed E-state index contributed by atoms with van der Waals surface area (Å²) in [6.07, 6.45) is 7.69. The molecule has 0 amide bonds. The van der Waals surface area contributed by atoms with E-state index in [0.29, 0.717) is 44.2 Å². The van der Waals surface area contributed by atoms with Crippen LogP contribution in [0, 0.1) is 10.9 Å². The van der Waals surface area contributed by atoms with Crippen molar-refractivity contribution < 1.29 is 8.78 Å². The van der Waals surface area contributed by atoms with Crippen molar-refractivity contribution in [2.45, 2.75) is 6.92 Å². The third kappa shape index (κ3) is 3.21. The van der Waals surface area contributed by atoms with Gasteiger partial charge in [0.2, 0.25) is 0 Å². The number of aromatic amines is 2. The number of halogens is 2. The lowest BCUT2D eigenvalue weighted by Crippen LogP contribution is -1.97. The summed E-state index contributed by atoms with van der Waals surface area (Å²) >= 11 is 0.983. The quantitative estimate of drug-likeness (QED) is 0.347. The SMILES string of the molecule is C=CN=C/C(=C\C)c1ncc2[nH]nc(-c3nc4c(-c5ccc(F)s5)nccc4[nH]3)c2c1F. The standard InChI is InChI=1S/C22H15F2N7S/c1-3-11(9-25-4-2)18-17(24)16-13(10-27-18)30-31-21(16)22-28-12-7-8-26-20(19(12)29-22)14-5-6-15(23)32-14/h3-10H,2H2,1H3,(H,28,29)(H,30,31)/b11-3+,25-9?. The van der Waals surface area contributed by atoms with E-state index < -0.39 is 5.82 Å². The summed E-state index contributed by atoms with van der Waals surface area (Å²) in [5.41, 5.74) is 3.14. The highest BCUT2D eigenvalue weighted by atomic mass is 32.1. The van der Waals surface area contributed by atoms with E-state index >= 15 is 4.39 Å². The number of pyridine rings is 2. The Bertz CT molecular complexity index is 1540. The molecule has 0 aliphatic carbocycles. The van der Waals surface area contributed by atoms with Crippen molar-refractivity contribution >= 4 is 45.1 Å². The van der Waals surface area contributed by atoms with E-state index in [2.05, 4.69) is 41.7 Å². The first-order valence-corrected chi connectivity index (χ1v) is 10.4. The lowest BCUT2D eigenvalue weighted by atomic mass is 10.1. The molecule has 0 unspecified atom stereocenters. The Labute approximate surface area is 184 Å². The molecule has 0 saturated carbocycles. The summed E-state index contributed by atoms with van der Waals surface area (Å²) < 4.78 is 29.1. The number of nitrogens with one attached hydrogen (secondary N) is 2. The number of imidazole rings is 1. The van der Waals surface area contributed by atoms with Gasteiger partial charge in [0.05, 0.1) is 27.5 Å². The van der Waals surface area contributed by atoms with Crippen LogP contribution in [0.3, 0.4) is 0 Å². The van der Waals surface area contributed by atoms with E-state index in [1.165, 1.54) is 24.7 Å². The summed E-state index contributed by atoms with van der Waals surface area (Å²) in [7, 11) is 0. The molecule has 158 valence electrons. The first-order valence-electron chi connectivity index (χ1n) is 9.54. The minimum atomic E-state index is -0.547. The molecule has 10 heteroatoms. The number of thiophene rings is 1. The van der Waals surface area contributed by atoms with Gasteiger partial charge in [-0.2, -0.15) is 9.49 Å². The summed E-state index contributed by atoms with van der Waals surface area (Å²) in [6, 6.07) is 4.79. The number of H-pyrrole nitrogens is 2. The maximum Gasteiger partial charge on any atom is 0.177 e. The predicted molar refractivity (Wildman–Crippen MR) is 122 cm³/mol. The predicted octanol–water partition coefficient (Wildman–Crippen LogP) is 5.52. The van der Waals surface area contributed by atoms with Crippen molar-refractivity contribution in [3.05, 3.63) is 66.1 Å². The van der Waals surface area contributed by atoms with Crippen molar-refractivity contribution in [3.63, 3.8) is 0 Å². The van der Waals surface area contributed by atoms with Crippen LogP contribution in [0.5, 0.6) is 0 Å². The first kappa shape index (κ1) is 19.9. The van der Waals surface area contributed by atoms with E-state index in [-0.39, 0.29) is 16.2 Å². The molecule has 5 rings (SSSR count). The van der Waals surface area contributed by atoms with Gasteiger partial charge < -0.3 is 4.98 Å². The number of rotatable bonds is 5. The molecule has 0 fully saturated rings. The highest BCUT2D eigenvalue weighted by molar-refractivity contribution is 7.13. The molecule has 5 aromatic heterocycles. The molecule has 0 aliphatic rings. The molecular weight excluding hydrogens is 432 g/mol. The maximum absolute atomic E-state index is 15.6. The summed E-state index contributed by atoms with van der Waals surface area (Å²) in [5, 5.41) is 7.01. The summed E-state index contributed by atoms with van der Waals surface area (Å²) in [4.78, 5) is 21.0. The zero-order valence-corrected chi connectivity index (χ0v) is 17.5. The Hall–Kier alpha value is -4.05. The Morgan fingerprint density at radius 1 is 1.16 bits per heavy atom. The van der Waals surface area contributed by atoms with E-state index in [1.54, 1.807) is 31.3 Å². The second kappa shape index (κ2) is 7.89. The highest BCUT2D eigenvalue weighted by Gasteiger charge is 2.21. The third-order valence-electron chi connectivity index (χ3n) is 4.88. The average molecular weight is 447 g/mol. The smallest absolute Gasteiger partial charge is 0.177 e. The van der Waals surface area contributed by atoms with E-state index in [0.717, 1.165) is 11.3 Å². The zero-order valence-electron chi connectivity index (χ0n) is 16.7. The van der Waals surface area contributed by atoms with E-state index in [9.17, 15) is 4.39 Å². The fraction of sp³-hybridized carbons (Fsp3) is 0.0455. The number of nitrogens with zero attached hydrogens (tertiary/aromatic N) is 5. The van der Waals surface area contributed by atoms with Gasteiger partial charge in [0.25, 0.3) is 0 Å². The second-order valence-electron chi connectivity index (χ2n) is 6.73. The van der Waals surface area contributed by atoms with Crippen LogP contribution in [-0.4, -0.2) is 36.3 Å². The molecule has 5 aromatic rings. The number of aromatic nitrogens is 6. The third-order valence-corrected chi connectivity index (χ3v) is 5.76. The molecule has 0 aromatic carbocycles. The summed E-state index contributed by atoms with van der Waals surface area (Å²) in [6.45, 7) is 5.31. The minimum Gasteiger partial charge on any atom is -0.336 e. The van der Waals surface area contributed by atoms with Crippen LogP contribution in [0.4, 0.5) is 8.78 Å². The van der Waals surface area contributed by atoms with Crippen molar-refractivity contribution in [2.24, 2.45) is 4.99 Å². The molecule has 0 atom stereocenters. The molecule has 0 radical (unpaired) electrons. The number of hydrogen-bond acceptors (Lipinski definition) is 6. The van der Waals surface area contributed by atoms with Gasteiger partial charge in [-0.3, -0.25) is 20.1 Å². The Kier molecular flexibility index (Phi) is 4.91. The largest absolute Gasteiger partial charge is 0.336 e. The zero-order chi connectivity index (χ0) is 22.2. The minimum absolute atomic E-state index is 0.140. The van der Waals surface area contributed by atoms with E-state index in [1.807, 2.05) is 0 Å². The van der Waals surface area contributed by atoms with E-state index in [4.69, 9.17) is 0 Å². The molecule has 5 heterocycles. The van der Waals surface area contributed by atoms with Crippen LogP contribution >= 0.6 is 11.3 Å². The van der Waals surface area contributed by atoms with Crippen molar-refractivity contribution in [1.29, 1.82) is 0 Å².